The minimum atomic E-state index is -0.396. The second-order valence-electron chi connectivity index (χ2n) is 4.75. The van der Waals surface area contributed by atoms with Gasteiger partial charge in [0.25, 0.3) is 0 Å². The fourth-order valence-electron chi connectivity index (χ4n) is 1.53. The van der Waals surface area contributed by atoms with Gasteiger partial charge in [0, 0.05) is 9.97 Å². The Morgan fingerprint density at radius 3 is 2.50 bits per heavy atom. The Morgan fingerprint density at radius 1 is 1.43 bits per heavy atom. The smallest absolute Gasteiger partial charge is 0.407 e. The van der Waals surface area contributed by atoms with Crippen LogP contribution in [0.4, 0.5) is 4.79 Å². The molecule has 14 heavy (non-hydrogen) atoms. The van der Waals surface area contributed by atoms with Crippen molar-refractivity contribution in [1.29, 1.82) is 0 Å². The Kier molecular flexibility index (Phi) is 4.04. The Labute approximate surface area is 99.1 Å². The number of halogens is 1. The van der Waals surface area contributed by atoms with E-state index >= 15 is 0 Å². The van der Waals surface area contributed by atoms with E-state index in [0.717, 1.165) is 12.8 Å². The van der Waals surface area contributed by atoms with E-state index in [4.69, 9.17) is 4.74 Å². The van der Waals surface area contributed by atoms with Crippen molar-refractivity contribution in [2.75, 3.05) is 0 Å². The highest BCUT2D eigenvalue weighted by Gasteiger charge is 2.25. The molecule has 1 amide bonds. The number of rotatable bonds is 1. The molecule has 0 aromatic rings. The zero-order valence-electron chi connectivity index (χ0n) is 8.97. The molecule has 1 N–H and O–H groups in total. The predicted octanol–water partition coefficient (Wildman–Crippen LogP) is 2.87. The van der Waals surface area contributed by atoms with Crippen LogP contribution in [0.25, 0.3) is 0 Å². The molecule has 0 spiro atoms. The van der Waals surface area contributed by atoms with Gasteiger partial charge in [-0.3, -0.25) is 0 Å². The van der Waals surface area contributed by atoms with Gasteiger partial charge >= 0.3 is 6.09 Å². The molecule has 1 rings (SSSR count). The Morgan fingerprint density at radius 2 is 2.07 bits per heavy atom. The molecule has 82 valence electrons. The maximum Gasteiger partial charge on any atom is 0.407 e. The van der Waals surface area contributed by atoms with Crippen LogP contribution in [0, 0.1) is 0 Å². The predicted molar refractivity (Wildman–Crippen MR) is 64.8 cm³/mol. The lowest BCUT2D eigenvalue weighted by molar-refractivity contribution is 0.0506. The molecule has 0 heterocycles. The highest BCUT2D eigenvalue weighted by Crippen LogP contribution is 2.25. The summed E-state index contributed by atoms with van der Waals surface area (Å²) < 4.78 is 5.88. The molecule has 0 bridgehead atoms. The van der Waals surface area contributed by atoms with Gasteiger partial charge in [0.05, 0.1) is 0 Å². The average Bonchev–Trinajstić information content (AvgIpc) is 2.30. The minimum absolute atomic E-state index is 0.284. The van der Waals surface area contributed by atoms with Crippen LogP contribution in [0.15, 0.2) is 0 Å². The summed E-state index contributed by atoms with van der Waals surface area (Å²) in [6.45, 7) is 5.63. The molecule has 0 saturated heterocycles. The molecule has 1 aliphatic carbocycles. The zero-order valence-corrected chi connectivity index (χ0v) is 11.1. The third-order valence-corrected chi connectivity index (χ3v) is 3.22. The summed E-state index contributed by atoms with van der Waals surface area (Å²) in [7, 11) is 0. The lowest BCUT2D eigenvalue weighted by Gasteiger charge is -2.21. The van der Waals surface area contributed by atoms with Crippen LogP contribution in [0.1, 0.15) is 40.0 Å². The van der Waals surface area contributed by atoms with Crippen molar-refractivity contribution in [1.82, 2.24) is 5.32 Å². The highest BCUT2D eigenvalue weighted by atomic mass is 127. The SMILES string of the molecule is CC(C)(C)OC(=O)N[C@@H]1CC[C@H](I)C1. The summed E-state index contributed by atoms with van der Waals surface area (Å²) in [5.41, 5.74) is -0.396. The number of hydrogen-bond acceptors (Lipinski definition) is 2. The van der Waals surface area contributed by atoms with Crippen LogP contribution in [-0.4, -0.2) is 21.7 Å². The van der Waals surface area contributed by atoms with E-state index in [1.54, 1.807) is 0 Å². The van der Waals surface area contributed by atoms with Gasteiger partial charge in [-0.25, -0.2) is 4.79 Å². The van der Waals surface area contributed by atoms with E-state index in [2.05, 4.69) is 27.9 Å². The Hall–Kier alpha value is 0. The molecular formula is C10H18INO2. The zero-order chi connectivity index (χ0) is 10.8. The largest absolute Gasteiger partial charge is 0.444 e. The van der Waals surface area contributed by atoms with E-state index in [0.29, 0.717) is 9.97 Å². The fourth-order valence-corrected chi connectivity index (χ4v) is 2.51. The maximum absolute atomic E-state index is 11.4. The minimum Gasteiger partial charge on any atom is -0.444 e. The van der Waals surface area contributed by atoms with Gasteiger partial charge in [-0.1, -0.05) is 22.6 Å². The van der Waals surface area contributed by atoms with Gasteiger partial charge in [-0.05, 0) is 40.0 Å². The molecule has 1 aliphatic rings. The summed E-state index contributed by atoms with van der Waals surface area (Å²) in [5.74, 6) is 0. The molecule has 0 radical (unpaired) electrons. The van der Waals surface area contributed by atoms with Crippen LogP contribution in [0.5, 0.6) is 0 Å². The number of carbonyl (C=O) groups is 1. The number of hydrogen-bond donors (Lipinski definition) is 1. The van der Waals surface area contributed by atoms with E-state index in [9.17, 15) is 4.79 Å². The van der Waals surface area contributed by atoms with Gasteiger partial charge in [0.2, 0.25) is 0 Å². The van der Waals surface area contributed by atoms with Crippen molar-refractivity contribution in [2.45, 2.75) is 55.6 Å². The topological polar surface area (TPSA) is 38.3 Å². The summed E-state index contributed by atoms with van der Waals surface area (Å²) in [5, 5.41) is 2.90. The molecule has 1 saturated carbocycles. The van der Waals surface area contributed by atoms with Gasteiger partial charge in [-0.15, -0.1) is 0 Å². The van der Waals surface area contributed by atoms with Crippen molar-refractivity contribution in [3.63, 3.8) is 0 Å². The number of alkyl carbamates (subject to hydrolysis) is 1. The van der Waals surface area contributed by atoms with Crippen LogP contribution < -0.4 is 5.32 Å². The first-order valence-corrected chi connectivity index (χ1v) is 6.25. The second kappa shape index (κ2) is 4.68. The van der Waals surface area contributed by atoms with Crippen molar-refractivity contribution in [2.24, 2.45) is 0 Å². The average molecular weight is 311 g/mol. The molecule has 0 aliphatic heterocycles. The Bertz CT molecular complexity index is 213. The number of carbonyl (C=O) groups excluding carboxylic acids is 1. The standard InChI is InChI=1S/C10H18INO2/c1-10(2,3)14-9(13)12-8-5-4-7(11)6-8/h7-8H,4-6H2,1-3H3,(H,12,13)/t7-,8+/m0/s1. The first-order chi connectivity index (χ1) is 6.37. The van der Waals surface area contributed by atoms with Crippen molar-refractivity contribution in [3.8, 4) is 0 Å². The van der Waals surface area contributed by atoms with E-state index in [1.807, 2.05) is 20.8 Å². The normalized spacial score (nSPS) is 27.4. The van der Waals surface area contributed by atoms with Gasteiger partial charge in [0.1, 0.15) is 5.60 Å². The van der Waals surface area contributed by atoms with Crippen LogP contribution in [0.3, 0.4) is 0 Å². The first-order valence-electron chi connectivity index (χ1n) is 5.00. The molecule has 4 heteroatoms. The summed E-state index contributed by atoms with van der Waals surface area (Å²) in [4.78, 5) is 11.4. The molecule has 0 aromatic carbocycles. The van der Waals surface area contributed by atoms with Crippen molar-refractivity contribution in [3.05, 3.63) is 0 Å². The third kappa shape index (κ3) is 4.48. The maximum atomic E-state index is 11.4. The van der Waals surface area contributed by atoms with Crippen molar-refractivity contribution >= 4 is 28.7 Å². The number of nitrogens with one attached hydrogen (secondary N) is 1. The van der Waals surface area contributed by atoms with Crippen LogP contribution >= 0.6 is 22.6 Å². The van der Waals surface area contributed by atoms with E-state index in [-0.39, 0.29) is 6.09 Å². The van der Waals surface area contributed by atoms with Crippen LogP contribution in [-0.2, 0) is 4.74 Å². The Balaban J connectivity index is 2.27. The van der Waals surface area contributed by atoms with Gasteiger partial charge in [-0.2, -0.15) is 0 Å². The monoisotopic (exact) mass is 311 g/mol. The number of ether oxygens (including phenoxy) is 1. The molecular weight excluding hydrogens is 293 g/mol. The second-order valence-corrected chi connectivity index (χ2v) is 6.52. The van der Waals surface area contributed by atoms with Gasteiger partial charge < -0.3 is 10.1 Å². The van der Waals surface area contributed by atoms with E-state index < -0.39 is 5.60 Å². The number of amides is 1. The third-order valence-electron chi connectivity index (χ3n) is 2.09. The number of alkyl halides is 1. The fraction of sp³-hybridized carbons (Fsp3) is 0.900. The van der Waals surface area contributed by atoms with Gasteiger partial charge in [0.15, 0.2) is 0 Å². The molecule has 0 aromatic heterocycles. The molecule has 3 nitrogen and oxygen atoms in total. The lowest BCUT2D eigenvalue weighted by atomic mass is 10.2. The highest BCUT2D eigenvalue weighted by molar-refractivity contribution is 14.1. The summed E-state index contributed by atoms with van der Waals surface area (Å²) >= 11 is 2.43. The molecule has 0 unspecified atom stereocenters. The van der Waals surface area contributed by atoms with Crippen LogP contribution in [0.2, 0.25) is 0 Å². The van der Waals surface area contributed by atoms with Crippen molar-refractivity contribution < 1.29 is 9.53 Å². The van der Waals surface area contributed by atoms with E-state index in [1.165, 1.54) is 6.42 Å². The lowest BCUT2D eigenvalue weighted by Crippen LogP contribution is -2.37. The summed E-state index contributed by atoms with van der Waals surface area (Å²) in [6, 6.07) is 0.312. The molecule has 1 fully saturated rings. The molecule has 2 atom stereocenters. The first kappa shape index (κ1) is 12.1. The summed E-state index contributed by atoms with van der Waals surface area (Å²) in [6.07, 6.45) is 3.06. The quantitative estimate of drug-likeness (QED) is 0.597.